The lowest BCUT2D eigenvalue weighted by Crippen LogP contribution is -2.26. The fourth-order valence-electron chi connectivity index (χ4n) is 1.49. The van der Waals surface area contributed by atoms with Gasteiger partial charge in [-0.25, -0.2) is 9.37 Å². The largest absolute Gasteiger partial charge is 0.507 e. The summed E-state index contributed by atoms with van der Waals surface area (Å²) in [7, 11) is 1.55. The highest BCUT2D eigenvalue weighted by atomic mass is 19.1. The van der Waals surface area contributed by atoms with Crippen molar-refractivity contribution in [3.8, 4) is 5.75 Å². The van der Waals surface area contributed by atoms with Gasteiger partial charge in [-0.3, -0.25) is 9.89 Å². The maximum Gasteiger partial charge on any atom is 0.257 e. The van der Waals surface area contributed by atoms with E-state index in [2.05, 4.69) is 15.2 Å². The van der Waals surface area contributed by atoms with Gasteiger partial charge >= 0.3 is 0 Å². The van der Waals surface area contributed by atoms with Gasteiger partial charge in [-0.1, -0.05) is 0 Å². The van der Waals surface area contributed by atoms with Crippen LogP contribution in [0.25, 0.3) is 0 Å². The molecule has 94 valence electrons. The minimum Gasteiger partial charge on any atom is -0.507 e. The molecule has 1 aromatic carbocycles. The number of nitrogens with one attached hydrogen (secondary N) is 1. The molecule has 0 saturated carbocycles. The van der Waals surface area contributed by atoms with Crippen LogP contribution in [0.2, 0.25) is 0 Å². The third kappa shape index (κ3) is 2.45. The molecule has 0 aliphatic heterocycles. The van der Waals surface area contributed by atoms with Crippen molar-refractivity contribution in [2.45, 2.75) is 6.54 Å². The first-order valence-corrected chi connectivity index (χ1v) is 5.16. The number of carbonyl (C=O) groups excluding carboxylic acids is 1. The highest BCUT2D eigenvalue weighted by Gasteiger charge is 2.17. The van der Waals surface area contributed by atoms with Crippen molar-refractivity contribution in [3.63, 3.8) is 0 Å². The molecule has 2 rings (SSSR count). The number of carbonyl (C=O) groups is 1. The van der Waals surface area contributed by atoms with Gasteiger partial charge in [0, 0.05) is 13.1 Å². The van der Waals surface area contributed by atoms with E-state index in [1.54, 1.807) is 7.05 Å². The molecule has 7 heteroatoms. The second-order valence-electron chi connectivity index (χ2n) is 3.75. The molecule has 1 amide bonds. The van der Waals surface area contributed by atoms with Gasteiger partial charge in [-0.05, 0) is 12.1 Å². The fraction of sp³-hybridized carbons (Fsp3) is 0.182. The average Bonchev–Trinajstić information content (AvgIpc) is 2.81. The number of halogens is 1. The maximum atomic E-state index is 12.8. The molecule has 6 nitrogen and oxygen atoms in total. The Morgan fingerprint density at radius 2 is 2.33 bits per heavy atom. The quantitative estimate of drug-likeness (QED) is 0.848. The van der Waals surface area contributed by atoms with Gasteiger partial charge in [-0.15, -0.1) is 0 Å². The fourth-order valence-corrected chi connectivity index (χ4v) is 1.49. The van der Waals surface area contributed by atoms with Crippen LogP contribution in [-0.2, 0) is 6.54 Å². The first-order valence-electron chi connectivity index (χ1n) is 5.16. The van der Waals surface area contributed by atoms with E-state index in [0.717, 1.165) is 12.1 Å². The Hall–Kier alpha value is -2.44. The third-order valence-corrected chi connectivity index (χ3v) is 2.39. The number of H-pyrrole nitrogens is 1. The summed E-state index contributed by atoms with van der Waals surface area (Å²) < 4.78 is 12.8. The molecule has 0 bridgehead atoms. The molecule has 0 spiro atoms. The number of phenolic OH excluding ortho intramolecular Hbond substituents is 1. The molecule has 0 radical (unpaired) electrons. The van der Waals surface area contributed by atoms with Crippen LogP contribution in [0.3, 0.4) is 0 Å². The lowest BCUT2D eigenvalue weighted by Gasteiger charge is -2.16. The van der Waals surface area contributed by atoms with Crippen molar-refractivity contribution in [2.24, 2.45) is 0 Å². The predicted octanol–water partition coefficient (Wildman–Crippen LogP) is 0.922. The van der Waals surface area contributed by atoms with Gasteiger partial charge in [0.05, 0.1) is 12.1 Å². The second-order valence-corrected chi connectivity index (χ2v) is 3.75. The summed E-state index contributed by atoms with van der Waals surface area (Å²) in [6.07, 6.45) is 1.34. The molecule has 0 aliphatic rings. The van der Waals surface area contributed by atoms with E-state index in [9.17, 15) is 14.3 Å². The van der Waals surface area contributed by atoms with E-state index >= 15 is 0 Å². The van der Waals surface area contributed by atoms with Crippen molar-refractivity contribution in [3.05, 3.63) is 41.7 Å². The van der Waals surface area contributed by atoms with Gasteiger partial charge in [0.1, 0.15) is 23.7 Å². The van der Waals surface area contributed by atoms with E-state index < -0.39 is 11.7 Å². The van der Waals surface area contributed by atoms with E-state index in [4.69, 9.17) is 0 Å². The highest BCUT2D eigenvalue weighted by molar-refractivity contribution is 5.96. The van der Waals surface area contributed by atoms with Crippen LogP contribution in [0.4, 0.5) is 4.39 Å². The topological polar surface area (TPSA) is 82.1 Å². The summed E-state index contributed by atoms with van der Waals surface area (Å²) in [6.45, 7) is 0.218. The maximum absolute atomic E-state index is 12.8. The number of hydrogen-bond donors (Lipinski definition) is 2. The number of benzene rings is 1. The van der Waals surface area contributed by atoms with E-state index in [1.165, 1.54) is 17.3 Å². The van der Waals surface area contributed by atoms with Crippen LogP contribution in [0.15, 0.2) is 24.5 Å². The molecule has 0 atom stereocenters. The molecular formula is C11H11FN4O2. The Bertz CT molecular complexity index is 556. The highest BCUT2D eigenvalue weighted by Crippen LogP contribution is 2.19. The van der Waals surface area contributed by atoms with Gasteiger partial charge in [0.2, 0.25) is 0 Å². The minimum atomic E-state index is -0.595. The Morgan fingerprint density at radius 1 is 1.56 bits per heavy atom. The molecule has 2 aromatic rings. The molecule has 0 unspecified atom stereocenters. The summed E-state index contributed by atoms with van der Waals surface area (Å²) in [5.41, 5.74) is 0.0402. The smallest absolute Gasteiger partial charge is 0.257 e. The van der Waals surface area contributed by atoms with Gasteiger partial charge in [0.15, 0.2) is 0 Å². The normalized spacial score (nSPS) is 10.3. The number of rotatable bonds is 3. The molecule has 0 aliphatic carbocycles. The van der Waals surface area contributed by atoms with Crippen LogP contribution in [0.1, 0.15) is 16.2 Å². The minimum absolute atomic E-state index is 0.0402. The van der Waals surface area contributed by atoms with E-state index in [0.29, 0.717) is 5.82 Å². The van der Waals surface area contributed by atoms with Gasteiger partial charge in [-0.2, -0.15) is 5.10 Å². The number of amides is 1. The van der Waals surface area contributed by atoms with Crippen LogP contribution in [-0.4, -0.2) is 38.1 Å². The second kappa shape index (κ2) is 4.82. The zero-order valence-electron chi connectivity index (χ0n) is 9.59. The van der Waals surface area contributed by atoms with Gasteiger partial charge < -0.3 is 10.0 Å². The summed E-state index contributed by atoms with van der Waals surface area (Å²) in [5, 5.41) is 15.8. The third-order valence-electron chi connectivity index (χ3n) is 2.39. The summed E-state index contributed by atoms with van der Waals surface area (Å²) in [4.78, 5) is 17.2. The van der Waals surface area contributed by atoms with Crippen LogP contribution in [0.5, 0.6) is 5.75 Å². The van der Waals surface area contributed by atoms with Crippen molar-refractivity contribution in [2.75, 3.05) is 7.05 Å². The van der Waals surface area contributed by atoms with Crippen LogP contribution in [0, 0.1) is 5.82 Å². The van der Waals surface area contributed by atoms with Crippen molar-refractivity contribution in [1.82, 2.24) is 20.1 Å². The first-order chi connectivity index (χ1) is 8.58. The number of aromatic nitrogens is 3. The first kappa shape index (κ1) is 12.0. The number of aromatic amines is 1. The zero-order chi connectivity index (χ0) is 13.1. The van der Waals surface area contributed by atoms with E-state index in [-0.39, 0.29) is 17.9 Å². The number of nitrogens with zero attached hydrogens (tertiary/aromatic N) is 3. The van der Waals surface area contributed by atoms with Crippen molar-refractivity contribution in [1.29, 1.82) is 0 Å². The summed E-state index contributed by atoms with van der Waals surface area (Å²) >= 11 is 0. The lowest BCUT2D eigenvalue weighted by atomic mass is 10.1. The number of hydrogen-bond acceptors (Lipinski definition) is 4. The summed E-state index contributed by atoms with van der Waals surface area (Å²) in [5.74, 6) is -0.886. The SMILES string of the molecule is CN(Cc1ncn[nH]1)C(=O)c1ccc(F)cc1O. The molecule has 1 heterocycles. The average molecular weight is 250 g/mol. The lowest BCUT2D eigenvalue weighted by molar-refractivity contribution is 0.0778. The van der Waals surface area contributed by atoms with Gasteiger partial charge in [0.25, 0.3) is 5.91 Å². The van der Waals surface area contributed by atoms with Crippen LogP contribution < -0.4 is 0 Å². The Balaban J connectivity index is 2.15. The number of phenols is 1. The standard InChI is InChI=1S/C11H11FN4O2/c1-16(5-10-13-6-14-15-10)11(18)8-3-2-7(12)4-9(8)17/h2-4,6,17H,5H2,1H3,(H,13,14,15). The van der Waals surface area contributed by atoms with Crippen molar-refractivity contribution >= 4 is 5.91 Å². The molecule has 18 heavy (non-hydrogen) atoms. The summed E-state index contributed by atoms with van der Waals surface area (Å²) in [6, 6.07) is 3.26. The van der Waals surface area contributed by atoms with Crippen molar-refractivity contribution < 1.29 is 14.3 Å². The monoisotopic (exact) mass is 250 g/mol. The molecule has 2 N–H and O–H groups in total. The molecular weight excluding hydrogens is 239 g/mol. The van der Waals surface area contributed by atoms with Crippen LogP contribution >= 0.6 is 0 Å². The predicted molar refractivity (Wildman–Crippen MR) is 60.2 cm³/mol. The Kier molecular flexibility index (Phi) is 3.22. The molecule has 0 saturated heterocycles. The zero-order valence-corrected chi connectivity index (χ0v) is 9.59. The van der Waals surface area contributed by atoms with E-state index in [1.807, 2.05) is 0 Å². The molecule has 0 fully saturated rings. The number of aromatic hydroxyl groups is 1. The molecule has 1 aromatic heterocycles. The Labute approximate surface area is 102 Å². The Morgan fingerprint density at radius 3 is 2.94 bits per heavy atom.